The second kappa shape index (κ2) is 14.3. The van der Waals surface area contributed by atoms with E-state index < -0.39 is 0 Å². The third-order valence-electron chi connectivity index (χ3n) is 8.94. The van der Waals surface area contributed by atoms with Crippen LogP contribution in [0.3, 0.4) is 0 Å². The number of aryl methyl sites for hydroxylation is 1. The van der Waals surface area contributed by atoms with Gasteiger partial charge in [0, 0.05) is 61.0 Å². The summed E-state index contributed by atoms with van der Waals surface area (Å²) in [5.74, 6) is 1.37. The first-order chi connectivity index (χ1) is 23.4. The van der Waals surface area contributed by atoms with Crippen LogP contribution in [0.1, 0.15) is 59.5 Å². The number of hydrogen-bond donors (Lipinski definition) is 1. The molecule has 2 aromatic carbocycles. The fourth-order valence-corrected chi connectivity index (χ4v) is 6.27. The maximum absolute atomic E-state index is 14.3. The molecule has 0 saturated carbocycles. The fourth-order valence-electron chi connectivity index (χ4n) is 6.11. The summed E-state index contributed by atoms with van der Waals surface area (Å²) >= 11 is 5.89. The minimum atomic E-state index is -0.378. The zero-order chi connectivity index (χ0) is 33.0. The smallest absolute Gasteiger partial charge is 0.257 e. The van der Waals surface area contributed by atoms with Crippen molar-refractivity contribution in [2.75, 3.05) is 25.0 Å². The summed E-state index contributed by atoms with van der Waals surface area (Å²) in [7, 11) is 0. The van der Waals surface area contributed by atoms with Gasteiger partial charge in [-0.2, -0.15) is 4.98 Å². The van der Waals surface area contributed by atoms with Crippen LogP contribution in [-0.2, 0) is 30.7 Å². The van der Waals surface area contributed by atoms with Crippen LogP contribution in [0.2, 0.25) is 5.02 Å². The number of ether oxygens (including phenoxy) is 2. The Hall–Kier alpha value is -4.45. The highest BCUT2D eigenvalue weighted by molar-refractivity contribution is 6.30. The van der Waals surface area contributed by atoms with Gasteiger partial charge in [-0.3, -0.25) is 14.7 Å². The molecule has 2 saturated heterocycles. The van der Waals surface area contributed by atoms with Gasteiger partial charge >= 0.3 is 0 Å². The van der Waals surface area contributed by atoms with Crippen molar-refractivity contribution >= 4 is 34.2 Å². The molecule has 12 heteroatoms. The lowest BCUT2D eigenvalue weighted by Crippen LogP contribution is -2.39. The van der Waals surface area contributed by atoms with Crippen LogP contribution in [0.5, 0.6) is 5.88 Å². The number of carbonyl (C=O) groups excluding carboxylic acids is 1. The Morgan fingerprint density at radius 3 is 2.65 bits per heavy atom. The zero-order valence-corrected chi connectivity index (χ0v) is 27.5. The first kappa shape index (κ1) is 32.1. The average molecular weight is 670 g/mol. The third kappa shape index (κ3) is 7.48. The van der Waals surface area contributed by atoms with Gasteiger partial charge in [0.1, 0.15) is 23.6 Å². The number of pyridine rings is 1. The van der Waals surface area contributed by atoms with E-state index in [0.29, 0.717) is 40.1 Å². The van der Waals surface area contributed by atoms with Crippen molar-refractivity contribution in [2.24, 2.45) is 0 Å². The Balaban J connectivity index is 0.993. The topological polar surface area (TPSA) is 107 Å². The summed E-state index contributed by atoms with van der Waals surface area (Å²) in [5, 5.41) is 3.35. The van der Waals surface area contributed by atoms with Gasteiger partial charge in [-0.1, -0.05) is 24.6 Å². The van der Waals surface area contributed by atoms with Gasteiger partial charge in [-0.15, -0.1) is 0 Å². The van der Waals surface area contributed by atoms with Gasteiger partial charge in [0.05, 0.1) is 35.8 Å². The van der Waals surface area contributed by atoms with E-state index in [4.69, 9.17) is 26.1 Å². The Labute approximate surface area is 283 Å². The van der Waals surface area contributed by atoms with Gasteiger partial charge in [-0.05, 0) is 73.7 Å². The molecule has 1 unspecified atom stereocenters. The normalized spacial score (nSPS) is 16.9. The summed E-state index contributed by atoms with van der Waals surface area (Å²) < 4.78 is 28.6. The number of fused-ring (bicyclic) bond motifs is 1. The highest BCUT2D eigenvalue weighted by Crippen LogP contribution is 2.26. The van der Waals surface area contributed by atoms with Crippen molar-refractivity contribution in [3.8, 4) is 5.88 Å². The predicted octanol–water partition coefficient (Wildman–Crippen LogP) is 6.25. The lowest BCUT2D eigenvalue weighted by molar-refractivity contribution is -0.0592. The molecule has 7 rings (SSSR count). The van der Waals surface area contributed by atoms with Gasteiger partial charge in [-0.25, -0.2) is 14.4 Å². The fraction of sp³-hybridized carbons (Fsp3) is 0.361. The molecule has 5 heterocycles. The third-order valence-corrected chi connectivity index (χ3v) is 9.18. The van der Waals surface area contributed by atoms with E-state index in [2.05, 4.69) is 29.7 Å². The monoisotopic (exact) mass is 669 g/mol. The number of imidazole rings is 1. The number of carbonyl (C=O) groups is 1. The van der Waals surface area contributed by atoms with Gasteiger partial charge in [0.2, 0.25) is 5.88 Å². The Bertz CT molecular complexity index is 1910. The lowest BCUT2D eigenvalue weighted by atomic mass is 10.1. The van der Waals surface area contributed by atoms with E-state index in [9.17, 15) is 9.18 Å². The maximum atomic E-state index is 14.3. The summed E-state index contributed by atoms with van der Waals surface area (Å²) in [4.78, 5) is 33.5. The molecule has 1 amide bonds. The quantitative estimate of drug-likeness (QED) is 0.176. The van der Waals surface area contributed by atoms with E-state index in [-0.39, 0.29) is 30.4 Å². The number of benzene rings is 2. The predicted molar refractivity (Wildman–Crippen MR) is 181 cm³/mol. The van der Waals surface area contributed by atoms with Crippen molar-refractivity contribution in [3.63, 3.8) is 0 Å². The molecule has 1 atom stereocenters. The molecule has 248 valence electrons. The van der Waals surface area contributed by atoms with Crippen LogP contribution in [0.4, 0.5) is 10.1 Å². The standard InChI is InChI=1S/C36H37ClFN7O3/c1-2-26-6-4-24(20-40-26)36(46)41-27-7-8-32-31(19-27)42-34(45(32)21-29-12-16-47-29)22-44-14-10-28(11-15-44)48-35-9-13-39-33(43-35)17-23-3-5-25(37)18-30(23)38/h3-9,13,18-20,28-29H,2,10-12,14-17,21-22H2,1H3,(H,41,46). The Kier molecular flexibility index (Phi) is 9.60. The minimum absolute atomic E-state index is 0.0120. The number of aromatic nitrogens is 5. The molecule has 2 aliphatic rings. The SMILES string of the molecule is CCc1ccc(C(=O)Nc2ccc3c(c2)nc(CN2CCC(Oc4ccnc(Cc5ccc(Cl)cc5F)n4)CC2)n3CC2CCO2)cn1. The second-order valence-corrected chi connectivity index (χ2v) is 12.7. The van der Waals surface area contributed by atoms with Crippen LogP contribution >= 0.6 is 11.6 Å². The first-order valence-electron chi connectivity index (χ1n) is 16.4. The highest BCUT2D eigenvalue weighted by Gasteiger charge is 2.26. The number of halogens is 2. The number of amides is 1. The van der Waals surface area contributed by atoms with Crippen LogP contribution < -0.4 is 10.1 Å². The second-order valence-electron chi connectivity index (χ2n) is 12.3. The highest BCUT2D eigenvalue weighted by atomic mass is 35.5. The number of likely N-dealkylation sites (tertiary alicyclic amines) is 1. The van der Waals surface area contributed by atoms with E-state index >= 15 is 0 Å². The van der Waals surface area contributed by atoms with Crippen molar-refractivity contribution in [3.05, 3.63) is 106 Å². The number of rotatable bonds is 11. The van der Waals surface area contributed by atoms with E-state index in [1.807, 2.05) is 31.2 Å². The Morgan fingerprint density at radius 1 is 1.06 bits per heavy atom. The summed E-state index contributed by atoms with van der Waals surface area (Å²) in [6.45, 7) is 5.93. The molecule has 0 spiro atoms. The lowest BCUT2D eigenvalue weighted by Gasteiger charge is -2.32. The molecule has 3 aromatic heterocycles. The minimum Gasteiger partial charge on any atom is -0.474 e. The van der Waals surface area contributed by atoms with Crippen molar-refractivity contribution < 1.29 is 18.7 Å². The zero-order valence-electron chi connectivity index (χ0n) is 26.7. The van der Waals surface area contributed by atoms with Crippen molar-refractivity contribution in [2.45, 2.75) is 64.3 Å². The molecular weight excluding hydrogens is 633 g/mol. The van der Waals surface area contributed by atoms with Crippen molar-refractivity contribution in [1.29, 1.82) is 0 Å². The molecule has 1 N–H and O–H groups in total. The van der Waals surface area contributed by atoms with E-state index in [1.165, 1.54) is 6.07 Å². The molecule has 5 aromatic rings. The van der Waals surface area contributed by atoms with E-state index in [0.717, 1.165) is 74.5 Å². The van der Waals surface area contributed by atoms with Crippen LogP contribution in [-0.4, -0.2) is 67.2 Å². The van der Waals surface area contributed by atoms with Gasteiger partial charge in [0.15, 0.2) is 0 Å². The van der Waals surface area contributed by atoms with Gasteiger partial charge in [0.25, 0.3) is 5.91 Å². The summed E-state index contributed by atoms with van der Waals surface area (Å²) in [6.07, 6.45) is 7.22. The molecule has 2 fully saturated rings. The van der Waals surface area contributed by atoms with Crippen LogP contribution in [0.25, 0.3) is 11.0 Å². The summed E-state index contributed by atoms with van der Waals surface area (Å²) in [5.41, 5.74) is 4.48. The van der Waals surface area contributed by atoms with Gasteiger partial charge < -0.3 is 19.4 Å². The van der Waals surface area contributed by atoms with Crippen LogP contribution in [0.15, 0.2) is 67.0 Å². The number of nitrogens with zero attached hydrogens (tertiary/aromatic N) is 6. The number of hydrogen-bond acceptors (Lipinski definition) is 8. The number of nitrogens with one attached hydrogen (secondary N) is 1. The maximum Gasteiger partial charge on any atom is 0.257 e. The molecule has 0 radical (unpaired) electrons. The molecule has 10 nitrogen and oxygen atoms in total. The first-order valence-corrected chi connectivity index (χ1v) is 16.8. The average Bonchev–Trinajstić information content (AvgIpc) is 3.40. The molecular formula is C36H37ClFN7O3. The van der Waals surface area contributed by atoms with Crippen LogP contribution in [0, 0.1) is 5.82 Å². The van der Waals surface area contributed by atoms with E-state index in [1.54, 1.807) is 36.7 Å². The Morgan fingerprint density at radius 2 is 1.92 bits per heavy atom. The molecule has 0 aliphatic carbocycles. The van der Waals surface area contributed by atoms with Crippen molar-refractivity contribution in [1.82, 2.24) is 29.4 Å². The molecule has 2 aliphatic heterocycles. The number of piperidine rings is 1. The summed E-state index contributed by atoms with van der Waals surface area (Å²) in [6, 6.07) is 15.9. The number of anilines is 1. The molecule has 48 heavy (non-hydrogen) atoms. The largest absolute Gasteiger partial charge is 0.474 e. The molecule has 0 bridgehead atoms.